The van der Waals surface area contributed by atoms with Crippen LogP contribution in [0.2, 0.25) is 22.2 Å². The van der Waals surface area contributed by atoms with Crippen molar-refractivity contribution in [3.8, 4) is 0 Å². The zero-order valence-corrected chi connectivity index (χ0v) is 23.2. The number of halogens is 1. The van der Waals surface area contributed by atoms with Gasteiger partial charge in [0.25, 0.3) is 5.56 Å². The lowest BCUT2D eigenvalue weighted by molar-refractivity contribution is -0.0578. The van der Waals surface area contributed by atoms with Crippen molar-refractivity contribution < 1.29 is 22.1 Å². The fourth-order valence-electron chi connectivity index (χ4n) is 5.11. The Bertz CT molecular complexity index is 947. The maximum absolute atomic E-state index is 15.9. The highest BCUT2D eigenvalue weighted by Gasteiger charge is 2.62. The van der Waals surface area contributed by atoms with E-state index >= 15 is 4.39 Å². The smallest absolute Gasteiger partial charge is 0.335 e. The van der Waals surface area contributed by atoms with Crippen LogP contribution in [0.25, 0.3) is 0 Å². The second kappa shape index (κ2) is 9.50. The molecule has 0 unspecified atom stereocenters. The summed E-state index contributed by atoms with van der Waals surface area (Å²) < 4.78 is 43.5. The number of hydrogen-bond donors (Lipinski definition) is 1. The van der Waals surface area contributed by atoms with Crippen molar-refractivity contribution in [2.45, 2.75) is 109 Å². The van der Waals surface area contributed by atoms with Crippen LogP contribution in [0.5, 0.6) is 0 Å². The summed E-state index contributed by atoms with van der Waals surface area (Å²) in [6.07, 6.45) is -3.13. The topological polar surface area (TPSA) is 91.8 Å². The molecule has 11 heteroatoms. The van der Waals surface area contributed by atoms with E-state index in [0.29, 0.717) is 5.56 Å². The van der Waals surface area contributed by atoms with Crippen molar-refractivity contribution in [3.63, 3.8) is 0 Å². The van der Waals surface area contributed by atoms with Crippen molar-refractivity contribution >= 4 is 17.1 Å². The van der Waals surface area contributed by atoms with Gasteiger partial charge < -0.3 is 17.7 Å². The molecule has 0 bridgehead atoms. The molecule has 0 aliphatic carbocycles. The average Bonchev–Trinajstić information content (AvgIpc) is 2.98. The van der Waals surface area contributed by atoms with Crippen LogP contribution in [-0.2, 0) is 17.7 Å². The number of hydrogen-bond acceptors (Lipinski definition) is 6. The number of aryl methyl sites for hydroxylation is 1. The first-order chi connectivity index (χ1) is 15.3. The molecule has 2 aliphatic heterocycles. The van der Waals surface area contributed by atoms with E-state index < -0.39 is 53.0 Å². The molecule has 33 heavy (non-hydrogen) atoms. The summed E-state index contributed by atoms with van der Waals surface area (Å²) >= 11 is 0. The van der Waals surface area contributed by atoms with Gasteiger partial charge >= 0.3 is 22.8 Å². The summed E-state index contributed by atoms with van der Waals surface area (Å²) in [6.45, 7) is 18.4. The third-order valence-corrected chi connectivity index (χ3v) is 17.3. The van der Waals surface area contributed by atoms with Gasteiger partial charge in [-0.25, -0.2) is 9.18 Å². The van der Waals surface area contributed by atoms with Gasteiger partial charge in [0.15, 0.2) is 12.4 Å². The zero-order chi connectivity index (χ0) is 24.9. The molecule has 0 amide bonds. The summed E-state index contributed by atoms with van der Waals surface area (Å²) in [7, 11) is -5.77. The normalized spacial score (nSPS) is 29.5. The fourth-order valence-corrected chi connectivity index (χ4v) is 16.3. The largest absolute Gasteiger partial charge is 0.414 e. The first-order valence-electron chi connectivity index (χ1n) is 11.9. The number of nitrogens with one attached hydrogen (secondary N) is 1. The predicted molar refractivity (Wildman–Crippen MR) is 129 cm³/mol. The zero-order valence-electron chi connectivity index (χ0n) is 21.2. The number of aromatic amines is 1. The highest BCUT2D eigenvalue weighted by atomic mass is 28.5. The van der Waals surface area contributed by atoms with E-state index in [2.05, 4.69) is 60.4 Å². The van der Waals surface area contributed by atoms with Gasteiger partial charge in [0.1, 0.15) is 12.2 Å². The first kappa shape index (κ1) is 26.5. The maximum Gasteiger partial charge on any atom is 0.335 e. The molecule has 1 aromatic rings. The minimum Gasteiger partial charge on any atom is -0.414 e. The minimum atomic E-state index is -3.00. The van der Waals surface area contributed by atoms with Gasteiger partial charge in [-0.05, 0) is 29.1 Å². The monoisotopic (exact) mass is 502 g/mol. The Morgan fingerprint density at radius 3 is 2.06 bits per heavy atom. The summed E-state index contributed by atoms with van der Waals surface area (Å²) in [5.74, 6) is 0. The van der Waals surface area contributed by atoms with Crippen LogP contribution in [0.4, 0.5) is 4.39 Å². The molecule has 3 rings (SSSR count). The van der Waals surface area contributed by atoms with Gasteiger partial charge in [-0.1, -0.05) is 55.4 Å². The average molecular weight is 503 g/mol. The van der Waals surface area contributed by atoms with Crippen molar-refractivity contribution in [2.75, 3.05) is 6.61 Å². The Labute approximate surface area is 197 Å². The van der Waals surface area contributed by atoms with E-state index in [9.17, 15) is 9.59 Å². The molecule has 188 valence electrons. The van der Waals surface area contributed by atoms with Gasteiger partial charge in [0.05, 0.1) is 6.61 Å². The van der Waals surface area contributed by atoms with Gasteiger partial charge in [-0.3, -0.25) is 14.3 Å². The lowest BCUT2D eigenvalue weighted by atomic mass is 10.1. The van der Waals surface area contributed by atoms with Crippen LogP contribution in [0, 0.1) is 6.92 Å². The SMILES string of the molecule is Cc1cn([C@@H]2O[C@H]3CO[Si](C(C)C)(C(C)C)O[Si](C(C)C)(C(C)C)O[C@@H]3[C@H]2F)c(=O)[nH]c1=O. The molecular formula is C22H39FN2O6Si2. The van der Waals surface area contributed by atoms with Crippen LogP contribution < -0.4 is 11.2 Å². The molecule has 0 saturated carbocycles. The number of aromatic nitrogens is 2. The lowest BCUT2D eigenvalue weighted by Crippen LogP contribution is -2.65. The van der Waals surface area contributed by atoms with Crippen molar-refractivity contribution in [1.29, 1.82) is 0 Å². The third-order valence-electron chi connectivity index (χ3n) is 7.02. The van der Waals surface area contributed by atoms with E-state index in [1.807, 2.05) is 0 Å². The fraction of sp³-hybridized carbons (Fsp3) is 0.818. The van der Waals surface area contributed by atoms with Gasteiger partial charge in [-0.15, -0.1) is 0 Å². The van der Waals surface area contributed by atoms with Crippen LogP contribution >= 0.6 is 0 Å². The predicted octanol–water partition coefficient (Wildman–Crippen LogP) is 4.04. The molecule has 3 heterocycles. The number of fused-ring (bicyclic) bond motifs is 1. The van der Waals surface area contributed by atoms with Crippen LogP contribution in [0.15, 0.2) is 15.8 Å². The van der Waals surface area contributed by atoms with Gasteiger partial charge in [0.2, 0.25) is 0 Å². The molecular weight excluding hydrogens is 463 g/mol. The highest BCUT2D eigenvalue weighted by Crippen LogP contribution is 2.48. The minimum absolute atomic E-state index is 0.0496. The number of rotatable bonds is 5. The van der Waals surface area contributed by atoms with Crippen molar-refractivity contribution in [3.05, 3.63) is 32.6 Å². The Hall–Kier alpha value is -1.12. The molecule has 0 spiro atoms. The van der Waals surface area contributed by atoms with Gasteiger partial charge in [0, 0.05) is 11.8 Å². The van der Waals surface area contributed by atoms with E-state index in [0.717, 1.165) is 4.57 Å². The second-order valence-corrected chi connectivity index (χ2v) is 19.4. The van der Waals surface area contributed by atoms with Crippen LogP contribution in [-0.4, -0.2) is 51.7 Å². The lowest BCUT2D eigenvalue weighted by Gasteiger charge is -2.51. The molecule has 2 aliphatic rings. The molecule has 8 nitrogen and oxygen atoms in total. The number of H-pyrrole nitrogens is 1. The Balaban J connectivity index is 2.10. The van der Waals surface area contributed by atoms with E-state index in [1.54, 1.807) is 6.92 Å². The Morgan fingerprint density at radius 1 is 1.00 bits per heavy atom. The van der Waals surface area contributed by atoms with E-state index in [1.165, 1.54) is 6.20 Å². The van der Waals surface area contributed by atoms with E-state index in [4.69, 9.17) is 17.7 Å². The van der Waals surface area contributed by atoms with Gasteiger partial charge in [-0.2, -0.15) is 0 Å². The standard InChI is InChI=1S/C22H39FN2O6Si2/c1-12(2)32(13(3)4)28-11-17-19(30-33(31-32,14(5)6)15(7)8)18(23)21(29-17)25-10-16(9)20(26)24-22(25)27/h10,12-15,17-19,21H,11H2,1-9H3,(H,24,26,27)/t17-,18+,19-,21+/m0/s1. The number of nitrogens with zero attached hydrogens (tertiary/aromatic N) is 1. The molecule has 2 saturated heterocycles. The molecule has 4 atom stereocenters. The van der Waals surface area contributed by atoms with Crippen LogP contribution in [0.3, 0.4) is 0 Å². The molecule has 1 N–H and O–H groups in total. The summed E-state index contributed by atoms with van der Waals surface area (Å²) in [4.78, 5) is 26.5. The highest BCUT2D eigenvalue weighted by molar-refractivity contribution is 6.83. The maximum atomic E-state index is 15.9. The first-order valence-corrected chi connectivity index (χ1v) is 15.8. The summed E-state index contributed by atoms with van der Waals surface area (Å²) in [5, 5.41) is 0. The summed E-state index contributed by atoms with van der Waals surface area (Å²) in [6, 6.07) is 0. The van der Waals surface area contributed by atoms with Crippen molar-refractivity contribution in [2.24, 2.45) is 0 Å². The third kappa shape index (κ3) is 4.47. The number of alkyl halides is 1. The summed E-state index contributed by atoms with van der Waals surface area (Å²) in [5.41, 5.74) is -0.500. The Kier molecular flexibility index (Phi) is 7.62. The number of ether oxygens (including phenoxy) is 1. The van der Waals surface area contributed by atoms with Crippen LogP contribution in [0.1, 0.15) is 67.2 Å². The quantitative estimate of drug-likeness (QED) is 0.611. The second-order valence-electron chi connectivity index (χ2n) is 10.5. The Morgan fingerprint density at radius 2 is 1.55 bits per heavy atom. The molecule has 2 fully saturated rings. The van der Waals surface area contributed by atoms with Crippen molar-refractivity contribution in [1.82, 2.24) is 9.55 Å². The molecule has 0 aromatic carbocycles. The molecule has 1 aromatic heterocycles. The van der Waals surface area contributed by atoms with E-state index in [-0.39, 0.29) is 28.8 Å². The molecule has 0 radical (unpaired) electrons.